The van der Waals surface area contributed by atoms with Crippen LogP contribution >= 0.6 is 15.9 Å². The average molecular weight is 381 g/mol. The molecular formula is C19H25BrO3. The van der Waals surface area contributed by atoms with Crippen LogP contribution in [-0.4, -0.2) is 17.9 Å². The van der Waals surface area contributed by atoms with Crippen molar-refractivity contribution >= 4 is 33.8 Å². The molecule has 0 unspecified atom stereocenters. The summed E-state index contributed by atoms with van der Waals surface area (Å²) < 4.78 is 6.46. The molecule has 1 rings (SSSR count). The lowest BCUT2D eigenvalue weighted by molar-refractivity contribution is -0.167. The van der Waals surface area contributed by atoms with E-state index in [9.17, 15) is 9.59 Å². The molecule has 0 radical (unpaired) electrons. The van der Waals surface area contributed by atoms with Gasteiger partial charge >= 0.3 is 5.97 Å². The number of carbonyl (C=O) groups is 2. The van der Waals surface area contributed by atoms with Crippen LogP contribution in [0.1, 0.15) is 47.1 Å². The van der Waals surface area contributed by atoms with Gasteiger partial charge in [0.2, 0.25) is 0 Å². The highest BCUT2D eigenvalue weighted by atomic mass is 79.9. The fourth-order valence-electron chi connectivity index (χ4n) is 2.63. The number of hydrogen-bond acceptors (Lipinski definition) is 3. The van der Waals surface area contributed by atoms with E-state index in [4.69, 9.17) is 4.74 Å². The van der Waals surface area contributed by atoms with E-state index in [1.165, 1.54) is 6.08 Å². The molecule has 0 aliphatic rings. The maximum absolute atomic E-state index is 12.1. The van der Waals surface area contributed by atoms with Crippen LogP contribution < -0.4 is 0 Å². The molecule has 3 nitrogen and oxygen atoms in total. The highest BCUT2D eigenvalue weighted by Gasteiger charge is 2.38. The van der Waals surface area contributed by atoms with Gasteiger partial charge < -0.3 is 4.74 Å². The summed E-state index contributed by atoms with van der Waals surface area (Å²) in [6, 6.07) is 7.45. The van der Waals surface area contributed by atoms with E-state index >= 15 is 0 Å². The molecule has 0 saturated heterocycles. The van der Waals surface area contributed by atoms with Gasteiger partial charge in [-0.15, -0.1) is 0 Å². The van der Waals surface area contributed by atoms with E-state index < -0.39 is 11.8 Å². The second-order valence-electron chi connectivity index (χ2n) is 7.77. The van der Waals surface area contributed by atoms with E-state index in [0.717, 1.165) is 10.0 Å². The molecule has 126 valence electrons. The van der Waals surface area contributed by atoms with E-state index in [2.05, 4.69) is 15.9 Å². The van der Waals surface area contributed by atoms with Crippen molar-refractivity contribution in [3.05, 3.63) is 40.4 Å². The predicted octanol–water partition coefficient (Wildman–Crippen LogP) is 5.04. The lowest BCUT2D eigenvalue weighted by Crippen LogP contribution is -2.43. The number of hydrogen-bond donors (Lipinski definition) is 0. The molecule has 0 atom stereocenters. The number of esters is 1. The second-order valence-corrected chi connectivity index (χ2v) is 8.68. The van der Waals surface area contributed by atoms with Crippen molar-refractivity contribution in [2.75, 3.05) is 0 Å². The molecule has 0 N–H and O–H groups in total. The molecule has 23 heavy (non-hydrogen) atoms. The Labute approximate surface area is 147 Å². The zero-order chi connectivity index (χ0) is 17.8. The van der Waals surface area contributed by atoms with Crippen molar-refractivity contribution in [1.82, 2.24) is 0 Å². The number of rotatable bonds is 4. The smallest absolute Gasteiger partial charge is 0.379 e. The highest BCUT2D eigenvalue weighted by molar-refractivity contribution is 9.10. The van der Waals surface area contributed by atoms with Gasteiger partial charge in [0.25, 0.3) is 5.78 Å². The van der Waals surface area contributed by atoms with Crippen LogP contribution in [0.3, 0.4) is 0 Å². The maximum Gasteiger partial charge on any atom is 0.379 e. The first-order valence-electron chi connectivity index (χ1n) is 7.60. The van der Waals surface area contributed by atoms with Crippen LogP contribution in [-0.2, 0) is 14.3 Å². The summed E-state index contributed by atoms with van der Waals surface area (Å²) in [4.78, 5) is 24.1. The highest BCUT2D eigenvalue weighted by Crippen LogP contribution is 2.36. The van der Waals surface area contributed by atoms with Gasteiger partial charge in [0.1, 0.15) is 6.10 Å². The van der Waals surface area contributed by atoms with Gasteiger partial charge in [0.05, 0.1) is 0 Å². The summed E-state index contributed by atoms with van der Waals surface area (Å²) in [7, 11) is 0. The third kappa shape index (κ3) is 6.30. The number of carbonyl (C=O) groups excluding carboxylic acids is 2. The molecular weight excluding hydrogens is 356 g/mol. The van der Waals surface area contributed by atoms with Gasteiger partial charge in [-0.25, -0.2) is 4.79 Å². The summed E-state index contributed by atoms with van der Waals surface area (Å²) in [6.45, 7) is 12.0. The lowest BCUT2D eigenvalue weighted by Gasteiger charge is -2.39. The molecule has 0 aliphatic heterocycles. The predicted molar refractivity (Wildman–Crippen MR) is 97.0 cm³/mol. The fourth-order valence-corrected chi connectivity index (χ4v) is 2.90. The topological polar surface area (TPSA) is 43.4 Å². The normalized spacial score (nSPS) is 12.7. The van der Waals surface area contributed by atoms with Crippen LogP contribution in [0, 0.1) is 10.8 Å². The van der Waals surface area contributed by atoms with Gasteiger partial charge in [0.15, 0.2) is 0 Å². The van der Waals surface area contributed by atoms with Gasteiger partial charge in [-0.2, -0.15) is 0 Å². The summed E-state index contributed by atoms with van der Waals surface area (Å²) in [5.74, 6) is -1.46. The van der Waals surface area contributed by atoms with E-state index in [-0.39, 0.29) is 16.9 Å². The SMILES string of the molecule is CC(C)(C)C(OC(=O)C(=O)/C=C/c1ccc(Br)cc1)C(C)(C)C. The standard InChI is InChI=1S/C19H25BrO3/c1-18(2,3)17(19(4,5)6)23-16(22)15(21)12-9-13-7-10-14(20)11-8-13/h7-12,17H,1-6H3/b12-9+. The Morgan fingerprint density at radius 2 is 1.48 bits per heavy atom. The first-order chi connectivity index (χ1) is 10.4. The van der Waals surface area contributed by atoms with Gasteiger partial charge in [-0.3, -0.25) is 4.79 Å². The molecule has 0 spiro atoms. The van der Waals surface area contributed by atoms with Crippen molar-refractivity contribution in [1.29, 1.82) is 0 Å². The van der Waals surface area contributed by atoms with Crippen molar-refractivity contribution < 1.29 is 14.3 Å². The molecule has 0 heterocycles. The molecule has 4 heteroatoms. The largest absolute Gasteiger partial charge is 0.455 e. The monoisotopic (exact) mass is 380 g/mol. The van der Waals surface area contributed by atoms with E-state index in [1.54, 1.807) is 6.08 Å². The zero-order valence-corrected chi connectivity index (χ0v) is 16.2. The molecule has 0 fully saturated rings. The Hall–Kier alpha value is -1.42. The number of ketones is 1. The molecule has 1 aromatic rings. The second kappa shape index (κ2) is 7.43. The Balaban J connectivity index is 2.80. The van der Waals surface area contributed by atoms with Crippen LogP contribution in [0.5, 0.6) is 0 Å². The quantitative estimate of drug-likeness (QED) is 0.417. The minimum atomic E-state index is -0.812. The third-order valence-electron chi connectivity index (χ3n) is 3.30. The van der Waals surface area contributed by atoms with Crippen molar-refractivity contribution in [2.45, 2.75) is 47.6 Å². The van der Waals surface area contributed by atoms with Crippen molar-refractivity contribution in [2.24, 2.45) is 10.8 Å². The third-order valence-corrected chi connectivity index (χ3v) is 3.83. The molecule has 0 bridgehead atoms. The maximum atomic E-state index is 12.1. The van der Waals surface area contributed by atoms with Crippen molar-refractivity contribution in [3.8, 4) is 0 Å². The Morgan fingerprint density at radius 1 is 1.00 bits per heavy atom. The zero-order valence-electron chi connectivity index (χ0n) is 14.6. The Morgan fingerprint density at radius 3 is 1.91 bits per heavy atom. The minimum Gasteiger partial charge on any atom is -0.455 e. The molecule has 0 aromatic heterocycles. The summed E-state index contributed by atoms with van der Waals surface area (Å²) >= 11 is 3.35. The Bertz CT molecular complexity index is 573. The molecule has 0 amide bonds. The summed E-state index contributed by atoms with van der Waals surface area (Å²) in [5.41, 5.74) is 0.352. The van der Waals surface area contributed by atoms with E-state index in [0.29, 0.717) is 0 Å². The van der Waals surface area contributed by atoms with Crippen LogP contribution in [0.25, 0.3) is 6.08 Å². The van der Waals surface area contributed by atoms with Crippen LogP contribution in [0.2, 0.25) is 0 Å². The fraction of sp³-hybridized carbons (Fsp3) is 0.474. The molecule has 1 aromatic carbocycles. The number of halogens is 1. The first-order valence-corrected chi connectivity index (χ1v) is 8.39. The van der Waals surface area contributed by atoms with Gasteiger partial charge in [-0.05, 0) is 34.6 Å². The van der Waals surface area contributed by atoms with Crippen LogP contribution in [0.15, 0.2) is 34.8 Å². The van der Waals surface area contributed by atoms with Gasteiger partial charge in [0, 0.05) is 4.47 Å². The first kappa shape index (κ1) is 19.6. The molecule has 0 aliphatic carbocycles. The molecule has 0 saturated carbocycles. The average Bonchev–Trinajstić information content (AvgIpc) is 2.41. The summed E-state index contributed by atoms with van der Waals surface area (Å²) in [6.07, 6.45) is 2.51. The van der Waals surface area contributed by atoms with E-state index in [1.807, 2.05) is 65.8 Å². The number of ether oxygens (including phenoxy) is 1. The lowest BCUT2D eigenvalue weighted by atomic mass is 9.74. The minimum absolute atomic E-state index is 0.246. The number of benzene rings is 1. The van der Waals surface area contributed by atoms with Gasteiger partial charge in [-0.1, -0.05) is 75.7 Å². The Kier molecular flexibility index (Phi) is 6.34. The van der Waals surface area contributed by atoms with Crippen molar-refractivity contribution in [3.63, 3.8) is 0 Å². The summed E-state index contributed by atoms with van der Waals surface area (Å²) in [5, 5.41) is 0. The van der Waals surface area contributed by atoms with Crippen LogP contribution in [0.4, 0.5) is 0 Å².